The summed E-state index contributed by atoms with van der Waals surface area (Å²) in [4.78, 5) is 12.2. The highest BCUT2D eigenvalue weighted by atomic mass is 16.3. The smallest absolute Gasteiger partial charge is 0.227 e. The number of aromatic nitrogens is 2. The quantitative estimate of drug-likeness (QED) is 0.879. The molecule has 1 aromatic heterocycles. The van der Waals surface area contributed by atoms with Gasteiger partial charge in [-0.2, -0.15) is 5.10 Å². The fraction of sp³-hybridized carbons (Fsp3) is 0.600. The number of rotatable bonds is 4. The van der Waals surface area contributed by atoms with E-state index in [9.17, 15) is 9.90 Å². The maximum absolute atomic E-state index is 12.2. The van der Waals surface area contributed by atoms with Crippen LogP contribution in [0.15, 0.2) is 18.3 Å². The Morgan fingerprint density at radius 2 is 1.92 bits per heavy atom. The third kappa shape index (κ3) is 3.43. The van der Waals surface area contributed by atoms with Crippen molar-refractivity contribution in [3.8, 4) is 0 Å². The Hall–Kier alpha value is -1.88. The first-order valence-electron chi connectivity index (χ1n) is 9.48. The fourth-order valence-corrected chi connectivity index (χ4v) is 3.81. The van der Waals surface area contributed by atoms with Gasteiger partial charge < -0.3 is 10.4 Å². The van der Waals surface area contributed by atoms with Gasteiger partial charge in [0, 0.05) is 28.8 Å². The second-order valence-electron chi connectivity index (χ2n) is 8.18. The molecule has 2 aliphatic carbocycles. The highest BCUT2D eigenvalue weighted by Crippen LogP contribution is 2.36. The average Bonchev–Trinajstić information content (AvgIpc) is 3.34. The largest absolute Gasteiger partial charge is 0.386 e. The minimum absolute atomic E-state index is 0.0597. The fourth-order valence-electron chi connectivity index (χ4n) is 3.81. The lowest BCUT2D eigenvalue weighted by atomic mass is 9.95. The molecule has 2 N–H and O–H groups in total. The van der Waals surface area contributed by atoms with Crippen LogP contribution in [0.2, 0.25) is 0 Å². The molecule has 134 valence electrons. The number of aliphatic hydroxyl groups is 1. The molecule has 4 rings (SSSR count). The molecule has 2 aromatic rings. The Balaban J connectivity index is 1.72. The Morgan fingerprint density at radius 3 is 2.56 bits per heavy atom. The van der Waals surface area contributed by atoms with Crippen molar-refractivity contribution >= 4 is 22.5 Å². The molecule has 1 aromatic carbocycles. The molecule has 25 heavy (non-hydrogen) atoms. The monoisotopic (exact) mass is 341 g/mol. The lowest BCUT2D eigenvalue weighted by Gasteiger charge is -2.22. The molecule has 0 unspecified atom stereocenters. The molecule has 2 fully saturated rings. The van der Waals surface area contributed by atoms with E-state index in [1.807, 2.05) is 12.1 Å². The maximum atomic E-state index is 12.2. The summed E-state index contributed by atoms with van der Waals surface area (Å²) >= 11 is 0. The molecule has 5 heteroatoms. The van der Waals surface area contributed by atoms with Gasteiger partial charge in [-0.1, -0.05) is 19.3 Å². The predicted octanol–water partition coefficient (Wildman–Crippen LogP) is 4.12. The van der Waals surface area contributed by atoms with E-state index in [1.165, 1.54) is 32.1 Å². The predicted molar refractivity (Wildman–Crippen MR) is 98.5 cm³/mol. The lowest BCUT2D eigenvalue weighted by molar-refractivity contribution is -0.117. The van der Waals surface area contributed by atoms with Gasteiger partial charge in [0.15, 0.2) is 0 Å². The third-order valence-electron chi connectivity index (χ3n) is 5.48. The Bertz CT molecular complexity index is 793. The van der Waals surface area contributed by atoms with Crippen molar-refractivity contribution in [1.29, 1.82) is 0 Å². The number of hydrogen-bond donors (Lipinski definition) is 2. The van der Waals surface area contributed by atoms with Crippen LogP contribution in [0.1, 0.15) is 70.4 Å². The van der Waals surface area contributed by atoms with Gasteiger partial charge >= 0.3 is 0 Å². The Labute approximate surface area is 148 Å². The topological polar surface area (TPSA) is 67.2 Å². The molecular weight excluding hydrogens is 314 g/mol. The summed E-state index contributed by atoms with van der Waals surface area (Å²) in [5.41, 5.74) is 1.28. The number of nitrogens with zero attached hydrogens (tertiary/aromatic N) is 2. The second-order valence-corrected chi connectivity index (χ2v) is 8.18. The van der Waals surface area contributed by atoms with E-state index in [2.05, 4.69) is 16.2 Å². The molecule has 0 saturated heterocycles. The summed E-state index contributed by atoms with van der Waals surface area (Å²) in [6.45, 7) is 3.50. The van der Waals surface area contributed by atoms with Gasteiger partial charge in [0.1, 0.15) is 0 Å². The van der Waals surface area contributed by atoms with Crippen LogP contribution < -0.4 is 5.32 Å². The van der Waals surface area contributed by atoms with Crippen molar-refractivity contribution in [2.75, 3.05) is 5.32 Å². The number of hydrogen-bond acceptors (Lipinski definition) is 3. The number of anilines is 1. The van der Waals surface area contributed by atoms with Gasteiger partial charge in [0.05, 0.1) is 17.2 Å². The summed E-state index contributed by atoms with van der Waals surface area (Å²) in [5.74, 6) is 0.194. The molecule has 0 spiro atoms. The molecule has 0 atom stereocenters. The Kier molecular flexibility index (Phi) is 4.07. The first-order chi connectivity index (χ1) is 11.9. The van der Waals surface area contributed by atoms with Crippen molar-refractivity contribution in [1.82, 2.24) is 9.78 Å². The molecule has 2 aliphatic rings. The molecule has 1 heterocycles. The Morgan fingerprint density at radius 1 is 1.20 bits per heavy atom. The minimum Gasteiger partial charge on any atom is -0.386 e. The van der Waals surface area contributed by atoms with Crippen LogP contribution in [0.4, 0.5) is 5.69 Å². The molecule has 0 aliphatic heterocycles. The standard InChI is InChI=1S/C20H27N3O2/c1-20(2,25)16-11-17-14(10-18(16)21-19(24)13-8-9-13)12-23(22-17)15-6-4-3-5-7-15/h10-13,15,25H,3-9H2,1-2H3,(H,21,24). The summed E-state index contributed by atoms with van der Waals surface area (Å²) in [6.07, 6.45) is 10.2. The van der Waals surface area contributed by atoms with Crippen molar-refractivity contribution in [3.05, 3.63) is 23.9 Å². The number of fused-ring (bicyclic) bond motifs is 1. The molecular formula is C20H27N3O2. The van der Waals surface area contributed by atoms with Gasteiger partial charge in [0.2, 0.25) is 5.91 Å². The molecule has 0 radical (unpaired) electrons. The van der Waals surface area contributed by atoms with E-state index in [0.29, 0.717) is 11.7 Å². The van der Waals surface area contributed by atoms with Crippen LogP contribution in [0, 0.1) is 5.92 Å². The van der Waals surface area contributed by atoms with Gasteiger partial charge in [-0.25, -0.2) is 0 Å². The van der Waals surface area contributed by atoms with Crippen LogP contribution in [0.5, 0.6) is 0 Å². The number of amides is 1. The van der Waals surface area contributed by atoms with Crippen LogP contribution in [-0.4, -0.2) is 20.8 Å². The van der Waals surface area contributed by atoms with E-state index < -0.39 is 5.60 Å². The highest BCUT2D eigenvalue weighted by molar-refractivity contribution is 5.97. The van der Waals surface area contributed by atoms with Crippen molar-refractivity contribution < 1.29 is 9.90 Å². The second kappa shape index (κ2) is 6.13. The third-order valence-corrected chi connectivity index (χ3v) is 5.48. The summed E-state index contributed by atoms with van der Waals surface area (Å²) < 4.78 is 2.09. The molecule has 5 nitrogen and oxygen atoms in total. The highest BCUT2D eigenvalue weighted by Gasteiger charge is 2.31. The van der Waals surface area contributed by atoms with Crippen molar-refractivity contribution in [2.24, 2.45) is 5.92 Å². The van der Waals surface area contributed by atoms with Crippen molar-refractivity contribution in [2.45, 2.75) is 70.4 Å². The van der Waals surface area contributed by atoms with Gasteiger partial charge in [-0.05, 0) is 51.7 Å². The molecule has 1 amide bonds. The number of carbonyl (C=O) groups excluding carboxylic acids is 1. The van der Waals surface area contributed by atoms with Crippen LogP contribution in [0.3, 0.4) is 0 Å². The number of nitrogens with one attached hydrogen (secondary N) is 1. The summed E-state index contributed by atoms with van der Waals surface area (Å²) in [5, 5.41) is 19.4. The zero-order valence-electron chi connectivity index (χ0n) is 15.1. The van der Waals surface area contributed by atoms with Gasteiger partial charge in [0.25, 0.3) is 0 Å². The van der Waals surface area contributed by atoms with Gasteiger partial charge in [-0.15, -0.1) is 0 Å². The van der Waals surface area contributed by atoms with E-state index in [0.717, 1.165) is 29.3 Å². The number of benzene rings is 1. The first kappa shape index (κ1) is 16.6. The SMILES string of the molecule is CC(C)(O)c1cc2nn(C3CCCCC3)cc2cc1NC(=O)C1CC1. The van der Waals surface area contributed by atoms with Crippen molar-refractivity contribution in [3.63, 3.8) is 0 Å². The molecule has 2 saturated carbocycles. The van der Waals surface area contributed by atoms with Crippen LogP contribution in [0.25, 0.3) is 10.9 Å². The zero-order chi connectivity index (χ0) is 17.6. The molecule has 0 bridgehead atoms. The normalized spacial score (nSPS) is 19.3. The van der Waals surface area contributed by atoms with Crippen LogP contribution in [-0.2, 0) is 10.4 Å². The van der Waals surface area contributed by atoms with E-state index in [1.54, 1.807) is 13.8 Å². The summed E-state index contributed by atoms with van der Waals surface area (Å²) in [7, 11) is 0. The minimum atomic E-state index is -1.03. The van der Waals surface area contributed by atoms with E-state index in [-0.39, 0.29) is 11.8 Å². The van der Waals surface area contributed by atoms with E-state index >= 15 is 0 Å². The summed E-state index contributed by atoms with van der Waals surface area (Å²) in [6, 6.07) is 4.36. The van der Waals surface area contributed by atoms with Crippen LogP contribution >= 0.6 is 0 Å². The van der Waals surface area contributed by atoms with E-state index in [4.69, 9.17) is 5.10 Å². The number of carbonyl (C=O) groups is 1. The van der Waals surface area contributed by atoms with Gasteiger partial charge in [-0.3, -0.25) is 9.48 Å². The first-order valence-corrected chi connectivity index (χ1v) is 9.48. The maximum Gasteiger partial charge on any atom is 0.227 e. The zero-order valence-corrected chi connectivity index (χ0v) is 15.1. The average molecular weight is 341 g/mol. The lowest BCUT2D eigenvalue weighted by Crippen LogP contribution is -2.21.